The third kappa shape index (κ3) is 4.61. The molecule has 0 bridgehead atoms. The van der Waals surface area contributed by atoms with Crippen LogP contribution in [0.15, 0.2) is 0 Å². The second kappa shape index (κ2) is 6.33. The van der Waals surface area contributed by atoms with Crippen molar-refractivity contribution in [1.29, 1.82) is 0 Å². The van der Waals surface area contributed by atoms with Crippen molar-refractivity contribution in [3.63, 3.8) is 0 Å². The van der Waals surface area contributed by atoms with Gasteiger partial charge in [0.2, 0.25) is 0 Å². The van der Waals surface area contributed by atoms with Crippen LogP contribution in [0.5, 0.6) is 0 Å². The predicted octanol–water partition coefficient (Wildman–Crippen LogP) is 0.408. The maximum atomic E-state index is 11.0. The molecule has 1 saturated heterocycles. The van der Waals surface area contributed by atoms with Gasteiger partial charge in [0.15, 0.2) is 0 Å². The number of aliphatic carboxylic acids is 1. The van der Waals surface area contributed by atoms with Gasteiger partial charge in [-0.3, -0.25) is 4.79 Å². The summed E-state index contributed by atoms with van der Waals surface area (Å²) in [5.41, 5.74) is 0.202. The van der Waals surface area contributed by atoms with Gasteiger partial charge in [0, 0.05) is 13.7 Å². The summed E-state index contributed by atoms with van der Waals surface area (Å²) in [4.78, 5) is 13.3. The van der Waals surface area contributed by atoms with Gasteiger partial charge in [-0.25, -0.2) is 0 Å². The van der Waals surface area contributed by atoms with Crippen LogP contribution in [0.2, 0.25) is 0 Å². The van der Waals surface area contributed by atoms with Crippen molar-refractivity contribution in [3.05, 3.63) is 0 Å². The Morgan fingerprint density at radius 1 is 1.53 bits per heavy atom. The Morgan fingerprint density at radius 3 is 2.59 bits per heavy atom. The second-order valence-corrected chi connectivity index (χ2v) is 5.34. The maximum absolute atomic E-state index is 11.0. The van der Waals surface area contributed by atoms with Crippen molar-refractivity contribution in [1.82, 2.24) is 10.2 Å². The van der Waals surface area contributed by atoms with E-state index in [2.05, 4.69) is 24.2 Å². The summed E-state index contributed by atoms with van der Waals surface area (Å²) in [5, 5.41) is 12.1. The number of hydrogen-bond donors (Lipinski definition) is 2. The molecule has 2 N–H and O–H groups in total. The fourth-order valence-electron chi connectivity index (χ4n) is 2.09. The molecule has 0 aromatic heterocycles. The molecule has 1 aliphatic rings. The lowest BCUT2D eigenvalue weighted by Gasteiger charge is -2.38. The number of carboxylic acids is 1. The van der Waals surface area contributed by atoms with Crippen molar-refractivity contribution >= 4 is 5.97 Å². The second-order valence-electron chi connectivity index (χ2n) is 5.34. The van der Waals surface area contributed by atoms with E-state index in [0.717, 1.165) is 32.5 Å². The number of carbonyl (C=O) groups is 1. The Balaban J connectivity index is 2.39. The first-order chi connectivity index (χ1) is 7.97. The van der Waals surface area contributed by atoms with E-state index in [1.54, 1.807) is 0 Å². The molecule has 0 aromatic carbocycles. The molecule has 1 fully saturated rings. The van der Waals surface area contributed by atoms with Crippen molar-refractivity contribution < 1.29 is 14.6 Å². The number of nitrogens with one attached hydrogen (secondary N) is 1. The van der Waals surface area contributed by atoms with Crippen molar-refractivity contribution in [2.75, 3.05) is 40.4 Å². The first-order valence-corrected chi connectivity index (χ1v) is 6.10. The molecule has 0 amide bonds. The molecule has 1 heterocycles. The van der Waals surface area contributed by atoms with Gasteiger partial charge in [-0.2, -0.15) is 0 Å². The summed E-state index contributed by atoms with van der Waals surface area (Å²) >= 11 is 0. The molecule has 0 aromatic rings. The Labute approximate surface area is 103 Å². The van der Waals surface area contributed by atoms with E-state index >= 15 is 0 Å². The fraction of sp³-hybridized carbons (Fsp3) is 0.917. The lowest BCUT2D eigenvalue weighted by Crippen LogP contribution is -2.48. The van der Waals surface area contributed by atoms with Crippen molar-refractivity contribution in [2.45, 2.75) is 25.8 Å². The number of rotatable bonds is 6. The van der Waals surface area contributed by atoms with E-state index in [9.17, 15) is 4.79 Å². The summed E-state index contributed by atoms with van der Waals surface area (Å²) in [6, 6.07) is -0.600. The van der Waals surface area contributed by atoms with E-state index in [4.69, 9.17) is 9.84 Å². The van der Waals surface area contributed by atoms with Crippen LogP contribution in [0.25, 0.3) is 0 Å². The number of nitrogens with zero attached hydrogens (tertiary/aromatic N) is 1. The SMILES string of the molecule is COCC(NCC1(C)CCN(C)CC1)C(=O)O. The zero-order valence-electron chi connectivity index (χ0n) is 11.0. The number of hydrogen-bond acceptors (Lipinski definition) is 4. The highest BCUT2D eigenvalue weighted by atomic mass is 16.5. The Bertz CT molecular complexity index is 250. The highest BCUT2D eigenvalue weighted by Gasteiger charge is 2.30. The van der Waals surface area contributed by atoms with Crippen LogP contribution < -0.4 is 5.32 Å². The topological polar surface area (TPSA) is 61.8 Å². The fourth-order valence-corrected chi connectivity index (χ4v) is 2.09. The molecule has 0 aliphatic carbocycles. The number of piperidine rings is 1. The summed E-state index contributed by atoms with van der Waals surface area (Å²) in [6.07, 6.45) is 2.21. The summed E-state index contributed by atoms with van der Waals surface area (Å²) in [5.74, 6) is -0.844. The summed E-state index contributed by atoms with van der Waals surface area (Å²) in [6.45, 7) is 5.34. The van der Waals surface area contributed by atoms with Gasteiger partial charge in [-0.15, -0.1) is 0 Å². The smallest absolute Gasteiger partial charge is 0.323 e. The molecule has 0 radical (unpaired) electrons. The molecule has 5 nitrogen and oxygen atoms in total. The third-order valence-electron chi connectivity index (χ3n) is 3.60. The van der Waals surface area contributed by atoms with Crippen molar-refractivity contribution in [3.8, 4) is 0 Å². The number of ether oxygens (including phenoxy) is 1. The zero-order valence-corrected chi connectivity index (χ0v) is 11.0. The van der Waals surface area contributed by atoms with Crippen LogP contribution >= 0.6 is 0 Å². The molecule has 5 heteroatoms. The van der Waals surface area contributed by atoms with Gasteiger partial charge in [0.25, 0.3) is 0 Å². The largest absolute Gasteiger partial charge is 0.480 e. The Kier molecular flexibility index (Phi) is 5.36. The Morgan fingerprint density at radius 2 is 2.12 bits per heavy atom. The van der Waals surface area contributed by atoms with Gasteiger partial charge in [0.05, 0.1) is 6.61 Å². The van der Waals surface area contributed by atoms with Crippen LogP contribution in [0, 0.1) is 5.41 Å². The van der Waals surface area contributed by atoms with Gasteiger partial charge >= 0.3 is 5.97 Å². The Hall–Kier alpha value is -0.650. The standard InChI is InChI=1S/C12H24N2O3/c1-12(4-6-14(2)7-5-12)9-13-10(8-17-3)11(15)16/h10,13H,4-9H2,1-3H3,(H,15,16). The van der Waals surface area contributed by atoms with E-state index in [0.29, 0.717) is 0 Å². The number of methoxy groups -OCH3 is 1. The van der Waals surface area contributed by atoms with Crippen LogP contribution in [-0.4, -0.2) is 62.4 Å². The molecule has 0 saturated carbocycles. The van der Waals surface area contributed by atoms with E-state index < -0.39 is 12.0 Å². The first kappa shape index (κ1) is 14.4. The number of likely N-dealkylation sites (tertiary alicyclic amines) is 1. The highest BCUT2D eigenvalue weighted by molar-refractivity contribution is 5.73. The zero-order chi connectivity index (χ0) is 12.9. The van der Waals surface area contributed by atoms with Gasteiger partial charge in [-0.05, 0) is 38.4 Å². The van der Waals surface area contributed by atoms with Crippen molar-refractivity contribution in [2.24, 2.45) is 5.41 Å². The van der Waals surface area contributed by atoms with E-state index in [-0.39, 0.29) is 12.0 Å². The number of carboxylic acid groups (broad SMARTS) is 1. The maximum Gasteiger partial charge on any atom is 0.323 e. The minimum absolute atomic E-state index is 0.202. The van der Waals surface area contributed by atoms with Crippen LogP contribution in [0.3, 0.4) is 0 Å². The van der Waals surface area contributed by atoms with Crippen LogP contribution in [0.1, 0.15) is 19.8 Å². The minimum Gasteiger partial charge on any atom is -0.480 e. The molecule has 1 atom stereocenters. The lowest BCUT2D eigenvalue weighted by atomic mass is 9.80. The predicted molar refractivity (Wildman–Crippen MR) is 66.1 cm³/mol. The summed E-state index contributed by atoms with van der Waals surface area (Å²) < 4.78 is 4.90. The monoisotopic (exact) mass is 244 g/mol. The third-order valence-corrected chi connectivity index (χ3v) is 3.60. The molecular weight excluding hydrogens is 220 g/mol. The lowest BCUT2D eigenvalue weighted by molar-refractivity contribution is -0.141. The quantitative estimate of drug-likeness (QED) is 0.708. The van der Waals surface area contributed by atoms with Gasteiger partial charge in [-0.1, -0.05) is 6.92 Å². The molecule has 17 heavy (non-hydrogen) atoms. The normalized spacial score (nSPS) is 22.3. The van der Waals surface area contributed by atoms with E-state index in [1.165, 1.54) is 7.11 Å². The average Bonchev–Trinajstić information content (AvgIpc) is 2.28. The molecule has 0 spiro atoms. The highest BCUT2D eigenvalue weighted by Crippen LogP contribution is 2.29. The molecule has 1 unspecified atom stereocenters. The van der Waals surface area contributed by atoms with Crippen LogP contribution in [-0.2, 0) is 9.53 Å². The molecule has 1 rings (SSSR count). The molecule has 1 aliphatic heterocycles. The average molecular weight is 244 g/mol. The minimum atomic E-state index is -0.844. The van der Waals surface area contributed by atoms with E-state index in [1.807, 2.05) is 0 Å². The van der Waals surface area contributed by atoms with Crippen LogP contribution in [0.4, 0.5) is 0 Å². The molecule has 100 valence electrons. The van der Waals surface area contributed by atoms with Gasteiger partial charge < -0.3 is 20.1 Å². The van der Waals surface area contributed by atoms with Gasteiger partial charge in [0.1, 0.15) is 6.04 Å². The summed E-state index contributed by atoms with van der Waals surface area (Å²) in [7, 11) is 3.65. The first-order valence-electron chi connectivity index (χ1n) is 6.10. The molecular formula is C12H24N2O3.